The minimum atomic E-state index is -0.519. The first kappa shape index (κ1) is 15.4. The molecule has 0 aromatic heterocycles. The van der Waals surface area contributed by atoms with Crippen LogP contribution in [0.15, 0.2) is 24.8 Å². The van der Waals surface area contributed by atoms with Crippen molar-refractivity contribution < 1.29 is 9.53 Å². The summed E-state index contributed by atoms with van der Waals surface area (Å²) in [6.07, 6.45) is -0.476. The third-order valence-corrected chi connectivity index (χ3v) is 2.60. The first-order chi connectivity index (χ1) is 8.69. The summed E-state index contributed by atoms with van der Waals surface area (Å²) in [5.74, 6) is 0. The van der Waals surface area contributed by atoms with Crippen LogP contribution in [0.3, 0.4) is 0 Å². The van der Waals surface area contributed by atoms with E-state index in [-0.39, 0.29) is 0 Å². The van der Waals surface area contributed by atoms with E-state index in [9.17, 15) is 4.79 Å². The Kier molecular flexibility index (Phi) is 4.84. The molecule has 1 rings (SSSR count). The molecular formula is C14H19ClN2O2. The van der Waals surface area contributed by atoms with Gasteiger partial charge in [-0.1, -0.05) is 30.3 Å². The van der Waals surface area contributed by atoms with Crippen LogP contribution in [-0.4, -0.2) is 11.7 Å². The molecule has 4 nitrogen and oxygen atoms in total. The Morgan fingerprint density at radius 2 is 2.11 bits per heavy atom. The second-order valence-corrected chi connectivity index (χ2v) is 5.59. The molecule has 1 aromatic carbocycles. The fourth-order valence-corrected chi connectivity index (χ4v) is 1.62. The highest BCUT2D eigenvalue weighted by Crippen LogP contribution is 2.20. The van der Waals surface area contributed by atoms with Crippen LogP contribution in [0, 0.1) is 0 Å². The molecule has 19 heavy (non-hydrogen) atoms. The number of hydrogen-bond acceptors (Lipinski definition) is 3. The quantitative estimate of drug-likeness (QED) is 0.894. The van der Waals surface area contributed by atoms with Crippen molar-refractivity contribution in [1.29, 1.82) is 0 Å². The predicted molar refractivity (Wildman–Crippen MR) is 77.7 cm³/mol. The topological polar surface area (TPSA) is 64.3 Å². The number of carbonyl (C=O) groups is 1. The van der Waals surface area contributed by atoms with Gasteiger partial charge in [-0.25, -0.2) is 4.79 Å². The van der Waals surface area contributed by atoms with Gasteiger partial charge in [0.25, 0.3) is 0 Å². The lowest BCUT2D eigenvalue weighted by Crippen LogP contribution is -2.32. The Morgan fingerprint density at radius 3 is 2.58 bits per heavy atom. The molecule has 0 unspecified atom stereocenters. The van der Waals surface area contributed by atoms with E-state index < -0.39 is 11.7 Å². The largest absolute Gasteiger partial charge is 0.444 e. The summed E-state index contributed by atoms with van der Waals surface area (Å²) < 4.78 is 5.13. The van der Waals surface area contributed by atoms with Gasteiger partial charge in [0.2, 0.25) is 0 Å². The van der Waals surface area contributed by atoms with Crippen molar-refractivity contribution in [3.63, 3.8) is 0 Å². The van der Waals surface area contributed by atoms with Crippen LogP contribution in [0.2, 0.25) is 5.02 Å². The SMILES string of the molecule is C=C(N)c1ccc(CNC(=O)OC(C)(C)C)c(Cl)c1. The van der Waals surface area contributed by atoms with Gasteiger partial charge < -0.3 is 15.8 Å². The highest BCUT2D eigenvalue weighted by Gasteiger charge is 2.16. The van der Waals surface area contributed by atoms with Gasteiger partial charge in [0.1, 0.15) is 5.60 Å². The van der Waals surface area contributed by atoms with E-state index in [0.717, 1.165) is 11.1 Å². The molecule has 0 aliphatic heterocycles. The lowest BCUT2D eigenvalue weighted by Gasteiger charge is -2.19. The van der Waals surface area contributed by atoms with Crippen LogP contribution in [-0.2, 0) is 11.3 Å². The summed E-state index contributed by atoms with van der Waals surface area (Å²) in [7, 11) is 0. The van der Waals surface area contributed by atoms with E-state index >= 15 is 0 Å². The molecule has 0 heterocycles. The first-order valence-corrected chi connectivity index (χ1v) is 6.27. The predicted octanol–water partition coefficient (Wildman–Crippen LogP) is 3.29. The van der Waals surface area contributed by atoms with Crippen molar-refractivity contribution in [3.05, 3.63) is 40.9 Å². The number of ether oxygens (including phenoxy) is 1. The minimum Gasteiger partial charge on any atom is -0.444 e. The van der Waals surface area contributed by atoms with Crippen molar-refractivity contribution in [2.45, 2.75) is 32.9 Å². The molecule has 0 aliphatic carbocycles. The molecule has 104 valence electrons. The van der Waals surface area contributed by atoms with Crippen LogP contribution in [0.4, 0.5) is 4.79 Å². The Hall–Kier alpha value is -1.68. The smallest absolute Gasteiger partial charge is 0.407 e. The summed E-state index contributed by atoms with van der Waals surface area (Å²) in [6, 6.07) is 5.32. The maximum atomic E-state index is 11.5. The van der Waals surface area contributed by atoms with Crippen LogP contribution < -0.4 is 11.1 Å². The minimum absolute atomic E-state index is 0.297. The summed E-state index contributed by atoms with van der Waals surface area (Å²) >= 11 is 6.10. The fourth-order valence-electron chi connectivity index (χ4n) is 1.37. The van der Waals surface area contributed by atoms with E-state index in [2.05, 4.69) is 11.9 Å². The summed E-state index contributed by atoms with van der Waals surface area (Å²) in [4.78, 5) is 11.5. The van der Waals surface area contributed by atoms with Crippen molar-refractivity contribution >= 4 is 23.4 Å². The Morgan fingerprint density at radius 1 is 1.47 bits per heavy atom. The third kappa shape index (κ3) is 5.22. The zero-order valence-electron chi connectivity index (χ0n) is 11.4. The van der Waals surface area contributed by atoms with Crippen molar-refractivity contribution in [1.82, 2.24) is 5.32 Å². The molecule has 3 N–H and O–H groups in total. The van der Waals surface area contributed by atoms with Gasteiger partial charge >= 0.3 is 6.09 Å². The number of nitrogens with one attached hydrogen (secondary N) is 1. The highest BCUT2D eigenvalue weighted by atomic mass is 35.5. The number of benzene rings is 1. The van der Waals surface area contributed by atoms with Crippen LogP contribution >= 0.6 is 11.6 Å². The van der Waals surface area contributed by atoms with Crippen LogP contribution in [0.25, 0.3) is 5.70 Å². The van der Waals surface area contributed by atoms with E-state index in [1.165, 1.54) is 0 Å². The standard InChI is InChI=1S/C14H19ClN2O2/c1-9(16)10-5-6-11(12(15)7-10)8-17-13(18)19-14(2,3)4/h5-7H,1,8,16H2,2-4H3,(H,17,18). The van der Waals surface area contributed by atoms with Crippen LogP contribution in [0.1, 0.15) is 31.9 Å². The first-order valence-electron chi connectivity index (χ1n) is 5.89. The van der Waals surface area contributed by atoms with E-state index in [1.54, 1.807) is 39.0 Å². The maximum absolute atomic E-state index is 11.5. The molecule has 0 fully saturated rings. The van der Waals surface area contributed by atoms with E-state index in [0.29, 0.717) is 17.3 Å². The van der Waals surface area contributed by atoms with Gasteiger partial charge in [0.15, 0.2) is 0 Å². The molecule has 0 spiro atoms. The molecule has 1 aromatic rings. The lowest BCUT2D eigenvalue weighted by atomic mass is 10.1. The van der Waals surface area contributed by atoms with Gasteiger partial charge in [-0.3, -0.25) is 0 Å². The van der Waals surface area contributed by atoms with Gasteiger partial charge in [-0.05, 0) is 38.0 Å². The van der Waals surface area contributed by atoms with Crippen molar-refractivity contribution in [3.8, 4) is 0 Å². The molecule has 0 aliphatic rings. The lowest BCUT2D eigenvalue weighted by molar-refractivity contribution is 0.0523. The Labute approximate surface area is 118 Å². The van der Waals surface area contributed by atoms with Gasteiger partial charge in [-0.15, -0.1) is 0 Å². The molecule has 0 saturated carbocycles. The zero-order valence-corrected chi connectivity index (χ0v) is 12.2. The Bertz CT molecular complexity index is 493. The van der Waals surface area contributed by atoms with Gasteiger partial charge in [0, 0.05) is 17.3 Å². The monoisotopic (exact) mass is 282 g/mol. The molecular weight excluding hydrogens is 264 g/mol. The second-order valence-electron chi connectivity index (χ2n) is 5.19. The Balaban J connectivity index is 2.64. The third-order valence-electron chi connectivity index (χ3n) is 2.25. The number of carbonyl (C=O) groups excluding carboxylic acids is 1. The normalized spacial score (nSPS) is 10.9. The molecule has 0 radical (unpaired) electrons. The summed E-state index contributed by atoms with van der Waals surface area (Å²) in [5.41, 5.74) is 7.07. The number of halogens is 1. The van der Waals surface area contributed by atoms with Crippen molar-refractivity contribution in [2.75, 3.05) is 0 Å². The average molecular weight is 283 g/mol. The zero-order chi connectivity index (χ0) is 14.6. The average Bonchev–Trinajstić information content (AvgIpc) is 2.24. The van der Waals surface area contributed by atoms with Crippen LogP contribution in [0.5, 0.6) is 0 Å². The molecule has 1 amide bonds. The molecule has 5 heteroatoms. The maximum Gasteiger partial charge on any atom is 0.407 e. The highest BCUT2D eigenvalue weighted by molar-refractivity contribution is 6.31. The second kappa shape index (κ2) is 5.97. The summed E-state index contributed by atoms with van der Waals surface area (Å²) in [6.45, 7) is 9.36. The molecule has 0 saturated heterocycles. The summed E-state index contributed by atoms with van der Waals surface area (Å²) in [5, 5.41) is 3.17. The van der Waals surface area contributed by atoms with Crippen molar-refractivity contribution in [2.24, 2.45) is 5.73 Å². The number of rotatable bonds is 3. The molecule has 0 atom stereocenters. The van der Waals surface area contributed by atoms with Gasteiger partial charge in [0.05, 0.1) is 0 Å². The number of nitrogens with two attached hydrogens (primary N) is 1. The number of hydrogen-bond donors (Lipinski definition) is 2. The van der Waals surface area contributed by atoms with Gasteiger partial charge in [-0.2, -0.15) is 0 Å². The number of alkyl carbamates (subject to hydrolysis) is 1. The number of amides is 1. The fraction of sp³-hybridized carbons (Fsp3) is 0.357. The van der Waals surface area contributed by atoms with E-state index in [4.69, 9.17) is 22.1 Å². The molecule has 0 bridgehead atoms. The van der Waals surface area contributed by atoms with E-state index in [1.807, 2.05) is 0 Å².